The Hall–Kier alpha value is -0.570. The van der Waals surface area contributed by atoms with E-state index in [0.29, 0.717) is 5.91 Å². The van der Waals surface area contributed by atoms with E-state index in [1.54, 1.807) is 0 Å². The molecule has 0 unspecified atom stereocenters. The molecule has 17 heavy (non-hydrogen) atoms. The molecule has 1 aliphatic heterocycles. The maximum Gasteiger partial charge on any atom is 0.228 e. The third-order valence-corrected chi connectivity index (χ3v) is 3.38. The minimum Gasteiger partial charge on any atom is -0.340 e. The van der Waals surface area contributed by atoms with Crippen LogP contribution in [0.5, 0.6) is 0 Å². The van der Waals surface area contributed by atoms with Crippen LogP contribution >= 0.6 is 0 Å². The molecule has 1 heterocycles. The molecule has 0 saturated carbocycles. The van der Waals surface area contributed by atoms with Gasteiger partial charge in [0.25, 0.3) is 0 Å². The first-order chi connectivity index (χ1) is 7.95. The summed E-state index contributed by atoms with van der Waals surface area (Å²) in [7, 11) is 0. The zero-order valence-corrected chi connectivity index (χ0v) is 12.0. The van der Waals surface area contributed by atoms with Gasteiger partial charge in [-0.2, -0.15) is 0 Å². The first-order valence-corrected chi connectivity index (χ1v) is 6.97. The number of piperazine rings is 1. The number of carbonyl (C=O) groups is 1. The number of unbranched alkanes of at least 4 members (excludes halogenated alkanes) is 2. The molecule has 0 radical (unpaired) electrons. The largest absolute Gasteiger partial charge is 0.340 e. The molecule has 1 rings (SSSR count). The van der Waals surface area contributed by atoms with Crippen molar-refractivity contribution in [1.29, 1.82) is 0 Å². The number of hydrogen-bond donors (Lipinski definition) is 0. The highest BCUT2D eigenvalue weighted by atomic mass is 16.2. The summed E-state index contributed by atoms with van der Waals surface area (Å²) < 4.78 is 0. The molecule has 3 nitrogen and oxygen atoms in total. The summed E-state index contributed by atoms with van der Waals surface area (Å²) in [5.41, 5.74) is -0.232. The Labute approximate surface area is 106 Å². The highest BCUT2D eigenvalue weighted by Gasteiger charge is 2.29. The van der Waals surface area contributed by atoms with Crippen LogP contribution in [-0.2, 0) is 4.79 Å². The van der Waals surface area contributed by atoms with Gasteiger partial charge in [-0.15, -0.1) is 0 Å². The second-order valence-electron chi connectivity index (χ2n) is 6.09. The first kappa shape index (κ1) is 14.5. The van der Waals surface area contributed by atoms with E-state index in [1.807, 2.05) is 25.7 Å². The number of carbonyl (C=O) groups excluding carboxylic acids is 1. The molecule has 1 aliphatic rings. The van der Waals surface area contributed by atoms with Gasteiger partial charge < -0.3 is 4.90 Å². The quantitative estimate of drug-likeness (QED) is 0.704. The van der Waals surface area contributed by atoms with Crippen molar-refractivity contribution in [2.45, 2.75) is 47.0 Å². The molecule has 1 fully saturated rings. The van der Waals surface area contributed by atoms with Gasteiger partial charge in [0.2, 0.25) is 5.91 Å². The van der Waals surface area contributed by atoms with Crippen LogP contribution in [0.25, 0.3) is 0 Å². The number of amides is 1. The Morgan fingerprint density at radius 1 is 1.06 bits per heavy atom. The van der Waals surface area contributed by atoms with Crippen molar-refractivity contribution < 1.29 is 4.79 Å². The minimum atomic E-state index is -0.232. The van der Waals surface area contributed by atoms with E-state index in [0.717, 1.165) is 26.2 Å². The Balaban J connectivity index is 2.28. The number of rotatable bonds is 4. The summed E-state index contributed by atoms with van der Waals surface area (Å²) in [4.78, 5) is 16.6. The fourth-order valence-electron chi connectivity index (χ4n) is 2.23. The summed E-state index contributed by atoms with van der Waals surface area (Å²) in [6.07, 6.45) is 3.90. The van der Waals surface area contributed by atoms with Gasteiger partial charge in [0, 0.05) is 31.6 Å². The van der Waals surface area contributed by atoms with Crippen molar-refractivity contribution in [3.8, 4) is 0 Å². The maximum absolute atomic E-state index is 12.1. The lowest BCUT2D eigenvalue weighted by atomic mass is 9.94. The van der Waals surface area contributed by atoms with Crippen LogP contribution in [0.4, 0.5) is 0 Å². The highest BCUT2D eigenvalue weighted by Crippen LogP contribution is 2.18. The lowest BCUT2D eigenvalue weighted by Crippen LogP contribution is -2.51. The second kappa shape index (κ2) is 6.39. The monoisotopic (exact) mass is 240 g/mol. The standard InChI is InChI=1S/C14H28N2O/c1-5-6-7-8-15-9-11-16(12-10-15)13(17)14(2,3)4/h5-12H2,1-4H3. The van der Waals surface area contributed by atoms with Crippen molar-refractivity contribution in [3.05, 3.63) is 0 Å². The van der Waals surface area contributed by atoms with Gasteiger partial charge in [-0.1, -0.05) is 40.5 Å². The third kappa shape index (κ3) is 4.66. The van der Waals surface area contributed by atoms with Crippen LogP contribution in [0.1, 0.15) is 47.0 Å². The average molecular weight is 240 g/mol. The second-order valence-corrected chi connectivity index (χ2v) is 6.09. The van der Waals surface area contributed by atoms with E-state index in [4.69, 9.17) is 0 Å². The van der Waals surface area contributed by atoms with E-state index in [-0.39, 0.29) is 5.41 Å². The average Bonchev–Trinajstić information content (AvgIpc) is 2.28. The summed E-state index contributed by atoms with van der Waals surface area (Å²) in [5.74, 6) is 0.297. The van der Waals surface area contributed by atoms with Crippen molar-refractivity contribution in [2.24, 2.45) is 5.41 Å². The van der Waals surface area contributed by atoms with E-state index >= 15 is 0 Å². The van der Waals surface area contributed by atoms with Gasteiger partial charge in [-0.3, -0.25) is 9.69 Å². The van der Waals surface area contributed by atoms with E-state index in [9.17, 15) is 4.79 Å². The smallest absolute Gasteiger partial charge is 0.228 e. The SMILES string of the molecule is CCCCCN1CCN(C(=O)C(C)(C)C)CC1. The Bertz CT molecular complexity index is 237. The molecular weight excluding hydrogens is 212 g/mol. The fraction of sp³-hybridized carbons (Fsp3) is 0.929. The van der Waals surface area contributed by atoms with Crippen molar-refractivity contribution >= 4 is 5.91 Å². The maximum atomic E-state index is 12.1. The molecular formula is C14H28N2O. The van der Waals surface area contributed by atoms with Crippen LogP contribution in [0.15, 0.2) is 0 Å². The Morgan fingerprint density at radius 2 is 1.65 bits per heavy atom. The van der Waals surface area contributed by atoms with Crippen LogP contribution < -0.4 is 0 Å². The molecule has 0 N–H and O–H groups in total. The predicted molar refractivity (Wildman–Crippen MR) is 72.0 cm³/mol. The molecule has 1 saturated heterocycles. The van der Waals surface area contributed by atoms with Crippen LogP contribution in [0, 0.1) is 5.41 Å². The molecule has 0 aromatic carbocycles. The van der Waals surface area contributed by atoms with E-state index in [2.05, 4.69) is 11.8 Å². The zero-order chi connectivity index (χ0) is 12.9. The van der Waals surface area contributed by atoms with Crippen molar-refractivity contribution in [2.75, 3.05) is 32.7 Å². The van der Waals surface area contributed by atoms with Gasteiger partial charge in [-0.25, -0.2) is 0 Å². The molecule has 3 heteroatoms. The summed E-state index contributed by atoms with van der Waals surface area (Å²) >= 11 is 0. The van der Waals surface area contributed by atoms with Gasteiger partial charge in [0.15, 0.2) is 0 Å². The van der Waals surface area contributed by atoms with Gasteiger partial charge >= 0.3 is 0 Å². The van der Waals surface area contributed by atoms with E-state index < -0.39 is 0 Å². The first-order valence-electron chi connectivity index (χ1n) is 6.97. The summed E-state index contributed by atoms with van der Waals surface area (Å²) in [6.45, 7) is 13.3. The van der Waals surface area contributed by atoms with Crippen LogP contribution in [0.3, 0.4) is 0 Å². The fourth-order valence-corrected chi connectivity index (χ4v) is 2.23. The molecule has 100 valence electrons. The van der Waals surface area contributed by atoms with Crippen LogP contribution in [-0.4, -0.2) is 48.4 Å². The zero-order valence-electron chi connectivity index (χ0n) is 12.0. The van der Waals surface area contributed by atoms with Gasteiger partial charge in [-0.05, 0) is 13.0 Å². The third-order valence-electron chi connectivity index (χ3n) is 3.38. The van der Waals surface area contributed by atoms with Crippen LogP contribution in [0.2, 0.25) is 0 Å². The molecule has 0 aromatic heterocycles. The molecule has 0 atom stereocenters. The van der Waals surface area contributed by atoms with Gasteiger partial charge in [0.1, 0.15) is 0 Å². The topological polar surface area (TPSA) is 23.6 Å². The molecule has 0 spiro atoms. The van der Waals surface area contributed by atoms with Crippen molar-refractivity contribution in [3.63, 3.8) is 0 Å². The van der Waals surface area contributed by atoms with Crippen molar-refractivity contribution in [1.82, 2.24) is 9.80 Å². The predicted octanol–water partition coefficient (Wildman–Crippen LogP) is 2.37. The lowest BCUT2D eigenvalue weighted by molar-refractivity contribution is -0.141. The lowest BCUT2D eigenvalue weighted by Gasteiger charge is -2.37. The van der Waals surface area contributed by atoms with Gasteiger partial charge in [0.05, 0.1) is 0 Å². The molecule has 0 aliphatic carbocycles. The summed E-state index contributed by atoms with van der Waals surface area (Å²) in [5, 5.41) is 0. The van der Waals surface area contributed by atoms with E-state index in [1.165, 1.54) is 25.8 Å². The highest BCUT2D eigenvalue weighted by molar-refractivity contribution is 5.81. The Kier molecular flexibility index (Phi) is 5.44. The molecule has 0 aromatic rings. The number of nitrogens with zero attached hydrogens (tertiary/aromatic N) is 2. The normalized spacial score (nSPS) is 18.5. The Morgan fingerprint density at radius 3 is 2.12 bits per heavy atom. The minimum absolute atomic E-state index is 0.232. The molecule has 0 bridgehead atoms. The summed E-state index contributed by atoms with van der Waals surface area (Å²) in [6, 6.07) is 0. The molecule has 1 amide bonds. The number of hydrogen-bond acceptors (Lipinski definition) is 2.